The summed E-state index contributed by atoms with van der Waals surface area (Å²) in [4.78, 5) is 0. The first-order valence-electron chi connectivity index (χ1n) is 15.8. The standard InChI is InChI=1S/C30H56O12/c1-29(25-35-15-19-39-27-7-3-5-9-37-27)23-33-13-11-31-12-14-34-24-30(2,42-22-18-32-17-21-41-29)26-36-16-20-40-28-8-4-6-10-38-28/h27-28H,3-26H2,1-2H3. The van der Waals surface area contributed by atoms with Crippen molar-refractivity contribution in [3.63, 3.8) is 0 Å². The average Bonchev–Trinajstić information content (AvgIpc) is 3.00. The third-order valence-electron chi connectivity index (χ3n) is 7.07. The molecule has 0 bridgehead atoms. The fourth-order valence-electron chi connectivity index (χ4n) is 4.70. The van der Waals surface area contributed by atoms with E-state index in [1.54, 1.807) is 0 Å². The predicted molar refractivity (Wildman–Crippen MR) is 153 cm³/mol. The van der Waals surface area contributed by atoms with Crippen LogP contribution in [0.15, 0.2) is 0 Å². The van der Waals surface area contributed by atoms with Gasteiger partial charge in [-0.2, -0.15) is 0 Å². The van der Waals surface area contributed by atoms with Gasteiger partial charge in [0.05, 0.1) is 106 Å². The second-order valence-electron chi connectivity index (χ2n) is 11.4. The first kappa shape index (κ1) is 36.0. The van der Waals surface area contributed by atoms with Gasteiger partial charge in [0.25, 0.3) is 0 Å². The molecule has 4 atom stereocenters. The molecule has 0 aromatic heterocycles. The van der Waals surface area contributed by atoms with E-state index in [0.717, 1.165) is 51.7 Å². The molecule has 3 fully saturated rings. The maximum atomic E-state index is 6.15. The maximum absolute atomic E-state index is 6.15. The number of ether oxygens (including phenoxy) is 12. The van der Waals surface area contributed by atoms with Crippen LogP contribution in [0.25, 0.3) is 0 Å². The lowest BCUT2D eigenvalue weighted by Crippen LogP contribution is -2.42. The normalized spacial score (nSPS) is 32.1. The van der Waals surface area contributed by atoms with E-state index in [0.29, 0.717) is 106 Å². The molecular weight excluding hydrogens is 552 g/mol. The van der Waals surface area contributed by atoms with Crippen LogP contribution in [0.2, 0.25) is 0 Å². The lowest BCUT2D eigenvalue weighted by molar-refractivity contribution is -0.180. The monoisotopic (exact) mass is 608 g/mol. The molecule has 12 nitrogen and oxygen atoms in total. The van der Waals surface area contributed by atoms with Crippen LogP contribution in [-0.4, -0.2) is 143 Å². The van der Waals surface area contributed by atoms with Gasteiger partial charge in [-0.3, -0.25) is 0 Å². The topological polar surface area (TPSA) is 111 Å². The van der Waals surface area contributed by atoms with Crippen molar-refractivity contribution in [3.05, 3.63) is 0 Å². The molecule has 0 saturated carbocycles. The average molecular weight is 609 g/mol. The molecule has 3 aliphatic heterocycles. The Morgan fingerprint density at radius 1 is 0.500 bits per heavy atom. The minimum Gasteiger partial charge on any atom is -0.377 e. The van der Waals surface area contributed by atoms with Gasteiger partial charge in [-0.05, 0) is 52.4 Å². The Hall–Kier alpha value is -0.480. The molecule has 3 saturated heterocycles. The smallest absolute Gasteiger partial charge is 0.157 e. The Labute approximate surface area is 252 Å². The molecule has 0 spiro atoms. The molecule has 0 radical (unpaired) electrons. The summed E-state index contributed by atoms with van der Waals surface area (Å²) in [5, 5.41) is 0. The van der Waals surface area contributed by atoms with Crippen LogP contribution in [0.1, 0.15) is 52.4 Å². The van der Waals surface area contributed by atoms with Crippen LogP contribution in [-0.2, 0) is 56.8 Å². The van der Waals surface area contributed by atoms with Gasteiger partial charge in [0.15, 0.2) is 12.6 Å². The third-order valence-corrected chi connectivity index (χ3v) is 7.07. The Bertz CT molecular complexity index is 594. The first-order valence-corrected chi connectivity index (χ1v) is 15.8. The zero-order valence-corrected chi connectivity index (χ0v) is 26.0. The Morgan fingerprint density at radius 3 is 1.36 bits per heavy atom. The molecule has 0 aliphatic carbocycles. The maximum Gasteiger partial charge on any atom is 0.157 e. The molecule has 0 N–H and O–H groups in total. The van der Waals surface area contributed by atoms with E-state index in [-0.39, 0.29) is 12.6 Å². The summed E-state index contributed by atoms with van der Waals surface area (Å²) >= 11 is 0. The van der Waals surface area contributed by atoms with Gasteiger partial charge in [-0.25, -0.2) is 0 Å². The fourth-order valence-corrected chi connectivity index (χ4v) is 4.70. The van der Waals surface area contributed by atoms with Crippen molar-refractivity contribution in [2.45, 2.75) is 76.2 Å². The van der Waals surface area contributed by atoms with E-state index in [1.165, 1.54) is 0 Å². The van der Waals surface area contributed by atoms with Crippen LogP contribution in [0.5, 0.6) is 0 Å². The van der Waals surface area contributed by atoms with Gasteiger partial charge in [-0.1, -0.05) is 0 Å². The number of rotatable bonds is 12. The highest BCUT2D eigenvalue weighted by atomic mass is 16.7. The van der Waals surface area contributed by atoms with Crippen LogP contribution in [0.3, 0.4) is 0 Å². The quantitative estimate of drug-likeness (QED) is 0.304. The first-order chi connectivity index (χ1) is 20.6. The second kappa shape index (κ2) is 22.1. The second-order valence-corrected chi connectivity index (χ2v) is 11.4. The van der Waals surface area contributed by atoms with Crippen molar-refractivity contribution < 1.29 is 56.8 Å². The highest BCUT2D eigenvalue weighted by Gasteiger charge is 2.28. The van der Waals surface area contributed by atoms with Crippen LogP contribution >= 0.6 is 0 Å². The van der Waals surface area contributed by atoms with Crippen molar-refractivity contribution in [2.24, 2.45) is 0 Å². The Balaban J connectivity index is 1.33. The van der Waals surface area contributed by atoms with Gasteiger partial charge in [-0.15, -0.1) is 0 Å². The van der Waals surface area contributed by atoms with Crippen molar-refractivity contribution in [2.75, 3.05) is 119 Å². The van der Waals surface area contributed by atoms with E-state index >= 15 is 0 Å². The molecular formula is C30H56O12. The van der Waals surface area contributed by atoms with E-state index < -0.39 is 11.2 Å². The molecule has 42 heavy (non-hydrogen) atoms. The number of hydrogen-bond acceptors (Lipinski definition) is 12. The highest BCUT2D eigenvalue weighted by molar-refractivity contribution is 4.76. The molecule has 12 heteroatoms. The molecule has 248 valence electrons. The van der Waals surface area contributed by atoms with E-state index in [9.17, 15) is 0 Å². The fraction of sp³-hybridized carbons (Fsp3) is 1.00. The zero-order chi connectivity index (χ0) is 29.6. The molecule has 0 aromatic carbocycles. The summed E-state index contributed by atoms with van der Waals surface area (Å²) in [7, 11) is 0. The lowest BCUT2D eigenvalue weighted by Gasteiger charge is -2.31. The van der Waals surface area contributed by atoms with Crippen molar-refractivity contribution >= 4 is 0 Å². The summed E-state index contributed by atoms with van der Waals surface area (Å²) in [6.45, 7) is 12.3. The van der Waals surface area contributed by atoms with Gasteiger partial charge in [0.1, 0.15) is 11.2 Å². The minimum atomic E-state index is -0.627. The lowest BCUT2D eigenvalue weighted by atomic mass is 10.1. The molecule has 0 amide bonds. The van der Waals surface area contributed by atoms with Gasteiger partial charge >= 0.3 is 0 Å². The largest absolute Gasteiger partial charge is 0.377 e. The number of hydrogen-bond donors (Lipinski definition) is 0. The van der Waals surface area contributed by atoms with Crippen LogP contribution < -0.4 is 0 Å². The summed E-state index contributed by atoms with van der Waals surface area (Å²) < 4.78 is 70.0. The van der Waals surface area contributed by atoms with Gasteiger partial charge in [0.2, 0.25) is 0 Å². The highest BCUT2D eigenvalue weighted by Crippen LogP contribution is 2.16. The van der Waals surface area contributed by atoms with Gasteiger partial charge in [0, 0.05) is 13.2 Å². The molecule has 0 aromatic rings. The molecule has 3 aliphatic rings. The molecule has 4 unspecified atom stereocenters. The molecule has 3 rings (SSSR count). The van der Waals surface area contributed by atoms with E-state index in [1.807, 2.05) is 13.8 Å². The summed E-state index contributed by atoms with van der Waals surface area (Å²) in [5.41, 5.74) is -1.25. The predicted octanol–water partition coefficient (Wildman–Crippen LogP) is 2.74. The van der Waals surface area contributed by atoms with Crippen LogP contribution in [0, 0.1) is 0 Å². The van der Waals surface area contributed by atoms with Crippen molar-refractivity contribution in [3.8, 4) is 0 Å². The molecule has 3 heterocycles. The van der Waals surface area contributed by atoms with E-state index in [2.05, 4.69) is 0 Å². The van der Waals surface area contributed by atoms with Crippen molar-refractivity contribution in [1.29, 1.82) is 0 Å². The zero-order valence-electron chi connectivity index (χ0n) is 26.0. The Kier molecular flexibility index (Phi) is 18.9. The van der Waals surface area contributed by atoms with Crippen molar-refractivity contribution in [1.82, 2.24) is 0 Å². The Morgan fingerprint density at radius 2 is 0.929 bits per heavy atom. The SMILES string of the molecule is CC1(COCCOC2CCCCO2)COCCOCCOCC(C)(COCCOC2CCCCO2)OCCOCCO1. The summed E-state index contributed by atoms with van der Waals surface area (Å²) in [6, 6.07) is 0. The third kappa shape index (κ3) is 16.6. The minimum absolute atomic E-state index is 0.119. The van der Waals surface area contributed by atoms with E-state index in [4.69, 9.17) is 56.8 Å². The summed E-state index contributed by atoms with van der Waals surface area (Å²) in [5.74, 6) is 0. The summed E-state index contributed by atoms with van der Waals surface area (Å²) in [6.07, 6.45) is 6.12. The van der Waals surface area contributed by atoms with Gasteiger partial charge < -0.3 is 56.8 Å². The van der Waals surface area contributed by atoms with Crippen LogP contribution in [0.4, 0.5) is 0 Å².